The van der Waals surface area contributed by atoms with Gasteiger partial charge >= 0.3 is 5.97 Å². The number of carbonyl (C=O) groups excluding carboxylic acids is 1. The van der Waals surface area contributed by atoms with Gasteiger partial charge in [0, 0.05) is 32.7 Å². The Morgan fingerprint density at radius 3 is 2.61 bits per heavy atom. The van der Waals surface area contributed by atoms with Crippen LogP contribution in [0, 0.1) is 0 Å². The van der Waals surface area contributed by atoms with E-state index in [4.69, 9.17) is 5.11 Å². The second-order valence-corrected chi connectivity index (χ2v) is 5.22. The van der Waals surface area contributed by atoms with Gasteiger partial charge in [0.15, 0.2) is 0 Å². The van der Waals surface area contributed by atoms with Crippen LogP contribution in [0.3, 0.4) is 0 Å². The van der Waals surface area contributed by atoms with Crippen molar-refractivity contribution in [1.29, 1.82) is 0 Å². The van der Waals surface area contributed by atoms with E-state index in [0.717, 1.165) is 6.54 Å². The highest BCUT2D eigenvalue weighted by Gasteiger charge is 2.38. The third-order valence-electron chi connectivity index (χ3n) is 3.34. The van der Waals surface area contributed by atoms with Gasteiger partial charge in [-0.25, -0.2) is 0 Å². The van der Waals surface area contributed by atoms with Gasteiger partial charge in [-0.05, 0) is 21.0 Å². The lowest BCUT2D eigenvalue weighted by Gasteiger charge is -2.43. The molecule has 1 fully saturated rings. The Labute approximate surface area is 108 Å². The summed E-state index contributed by atoms with van der Waals surface area (Å²) < 4.78 is 0. The van der Waals surface area contributed by atoms with Gasteiger partial charge in [0.2, 0.25) is 5.91 Å². The van der Waals surface area contributed by atoms with Crippen LogP contribution in [0.15, 0.2) is 0 Å². The monoisotopic (exact) mass is 257 g/mol. The summed E-state index contributed by atoms with van der Waals surface area (Å²) >= 11 is 0. The Morgan fingerprint density at radius 1 is 1.50 bits per heavy atom. The standard InChI is InChI=1S/C12H23N3O3/c1-9-8-14(4)12(18)10(7-11(16)17)15(9)6-5-13(2)3/h9-10H,5-8H2,1-4H3,(H,16,17). The molecule has 0 aromatic carbocycles. The molecule has 1 rings (SSSR count). The van der Waals surface area contributed by atoms with E-state index < -0.39 is 12.0 Å². The van der Waals surface area contributed by atoms with E-state index in [9.17, 15) is 9.59 Å². The highest BCUT2D eigenvalue weighted by molar-refractivity contribution is 5.86. The van der Waals surface area contributed by atoms with E-state index in [0.29, 0.717) is 13.1 Å². The fourth-order valence-corrected chi connectivity index (χ4v) is 2.36. The largest absolute Gasteiger partial charge is 0.481 e. The number of hydrogen-bond acceptors (Lipinski definition) is 4. The summed E-state index contributed by atoms with van der Waals surface area (Å²) in [5, 5.41) is 8.94. The lowest BCUT2D eigenvalue weighted by atomic mass is 10.0. The molecule has 1 aliphatic rings. The number of amides is 1. The molecule has 6 nitrogen and oxygen atoms in total. The molecule has 1 saturated heterocycles. The Balaban J connectivity index is 2.79. The van der Waals surface area contributed by atoms with Crippen molar-refractivity contribution in [2.24, 2.45) is 0 Å². The van der Waals surface area contributed by atoms with E-state index in [1.165, 1.54) is 0 Å². The summed E-state index contributed by atoms with van der Waals surface area (Å²) in [4.78, 5) is 28.6. The Bertz CT molecular complexity index is 320. The van der Waals surface area contributed by atoms with Crippen molar-refractivity contribution in [3.63, 3.8) is 0 Å². The van der Waals surface area contributed by atoms with Gasteiger partial charge < -0.3 is 14.9 Å². The molecular formula is C12H23N3O3. The van der Waals surface area contributed by atoms with E-state index in [1.807, 2.05) is 30.8 Å². The van der Waals surface area contributed by atoms with Crippen LogP contribution in [0.2, 0.25) is 0 Å². The summed E-state index contributed by atoms with van der Waals surface area (Å²) in [6, 6.07) is -0.340. The number of rotatable bonds is 5. The van der Waals surface area contributed by atoms with Crippen LogP contribution in [0.25, 0.3) is 0 Å². The number of hydrogen-bond donors (Lipinski definition) is 1. The van der Waals surface area contributed by atoms with Gasteiger partial charge in [0.05, 0.1) is 6.42 Å². The quantitative estimate of drug-likeness (QED) is 0.723. The van der Waals surface area contributed by atoms with Crippen molar-refractivity contribution in [3.05, 3.63) is 0 Å². The number of nitrogens with zero attached hydrogens (tertiary/aromatic N) is 3. The van der Waals surface area contributed by atoms with Crippen LogP contribution in [-0.2, 0) is 9.59 Å². The second-order valence-electron chi connectivity index (χ2n) is 5.22. The fraction of sp³-hybridized carbons (Fsp3) is 0.833. The van der Waals surface area contributed by atoms with E-state index in [1.54, 1.807) is 11.9 Å². The number of piperazine rings is 1. The summed E-state index contributed by atoms with van der Waals surface area (Å²) in [5.41, 5.74) is 0. The summed E-state index contributed by atoms with van der Waals surface area (Å²) in [5.74, 6) is -1.01. The van der Waals surface area contributed by atoms with Crippen molar-refractivity contribution in [2.45, 2.75) is 25.4 Å². The molecule has 104 valence electrons. The molecule has 2 unspecified atom stereocenters. The smallest absolute Gasteiger partial charge is 0.305 e. The number of carboxylic acid groups (broad SMARTS) is 1. The van der Waals surface area contributed by atoms with Crippen molar-refractivity contribution in [2.75, 3.05) is 40.8 Å². The first-order chi connectivity index (χ1) is 8.32. The molecule has 0 aromatic rings. The van der Waals surface area contributed by atoms with Crippen LogP contribution >= 0.6 is 0 Å². The first-order valence-corrected chi connectivity index (χ1v) is 6.20. The van der Waals surface area contributed by atoms with Crippen LogP contribution < -0.4 is 0 Å². The molecular weight excluding hydrogens is 234 g/mol. The molecule has 0 radical (unpaired) electrons. The Kier molecular flexibility index (Phi) is 5.10. The lowest BCUT2D eigenvalue weighted by molar-refractivity contribution is -0.150. The summed E-state index contributed by atoms with van der Waals surface area (Å²) in [7, 11) is 5.67. The maximum atomic E-state index is 12.1. The number of carboxylic acids is 1. The van der Waals surface area contributed by atoms with Gasteiger partial charge in [-0.1, -0.05) is 0 Å². The summed E-state index contributed by atoms with van der Waals surface area (Å²) in [6.45, 7) is 4.22. The minimum atomic E-state index is -0.925. The third kappa shape index (κ3) is 3.68. The molecule has 1 aliphatic heterocycles. The van der Waals surface area contributed by atoms with Crippen molar-refractivity contribution >= 4 is 11.9 Å². The second kappa shape index (κ2) is 6.15. The first-order valence-electron chi connectivity index (χ1n) is 6.20. The van der Waals surface area contributed by atoms with Gasteiger partial charge in [-0.2, -0.15) is 0 Å². The molecule has 0 saturated carbocycles. The number of likely N-dealkylation sites (N-methyl/N-ethyl adjacent to an activating group) is 2. The molecule has 0 spiro atoms. The molecule has 0 aliphatic carbocycles. The average molecular weight is 257 g/mol. The molecule has 0 bridgehead atoms. The SMILES string of the molecule is CC1CN(C)C(=O)C(CC(=O)O)N1CCN(C)C. The summed E-state index contributed by atoms with van der Waals surface area (Å²) in [6.07, 6.45) is -0.124. The number of carbonyl (C=O) groups is 2. The van der Waals surface area contributed by atoms with Crippen LogP contribution in [0.4, 0.5) is 0 Å². The van der Waals surface area contributed by atoms with Gasteiger partial charge in [-0.3, -0.25) is 14.5 Å². The van der Waals surface area contributed by atoms with Gasteiger partial charge in [0.1, 0.15) is 6.04 Å². The Hall–Kier alpha value is -1.14. The van der Waals surface area contributed by atoms with E-state index in [2.05, 4.69) is 0 Å². The van der Waals surface area contributed by atoms with E-state index in [-0.39, 0.29) is 18.4 Å². The molecule has 1 N–H and O–H groups in total. The van der Waals surface area contributed by atoms with Crippen LogP contribution in [0.5, 0.6) is 0 Å². The third-order valence-corrected chi connectivity index (χ3v) is 3.34. The average Bonchev–Trinajstić information content (AvgIpc) is 2.24. The predicted molar refractivity (Wildman–Crippen MR) is 68.4 cm³/mol. The molecule has 2 atom stereocenters. The maximum absolute atomic E-state index is 12.1. The molecule has 18 heavy (non-hydrogen) atoms. The van der Waals surface area contributed by atoms with E-state index >= 15 is 0 Å². The van der Waals surface area contributed by atoms with Gasteiger partial charge in [-0.15, -0.1) is 0 Å². The van der Waals surface area contributed by atoms with Crippen LogP contribution in [-0.4, -0.2) is 84.5 Å². The zero-order valence-corrected chi connectivity index (χ0v) is 11.6. The lowest BCUT2D eigenvalue weighted by Crippen LogP contribution is -2.61. The molecule has 6 heteroatoms. The zero-order valence-electron chi connectivity index (χ0n) is 11.6. The normalized spacial score (nSPS) is 25.8. The zero-order chi connectivity index (χ0) is 13.9. The van der Waals surface area contributed by atoms with Crippen molar-refractivity contribution in [3.8, 4) is 0 Å². The Morgan fingerprint density at radius 2 is 2.11 bits per heavy atom. The highest BCUT2D eigenvalue weighted by atomic mass is 16.4. The molecule has 1 heterocycles. The maximum Gasteiger partial charge on any atom is 0.305 e. The molecule has 1 amide bonds. The van der Waals surface area contributed by atoms with Crippen molar-refractivity contribution < 1.29 is 14.7 Å². The predicted octanol–water partition coefficient (Wildman–Crippen LogP) is -0.446. The van der Waals surface area contributed by atoms with Crippen molar-refractivity contribution in [1.82, 2.24) is 14.7 Å². The topological polar surface area (TPSA) is 64.1 Å². The minimum Gasteiger partial charge on any atom is -0.481 e. The minimum absolute atomic E-state index is 0.0887. The molecule has 0 aromatic heterocycles. The van der Waals surface area contributed by atoms with Gasteiger partial charge in [0.25, 0.3) is 0 Å². The highest BCUT2D eigenvalue weighted by Crippen LogP contribution is 2.18. The number of aliphatic carboxylic acids is 1. The first kappa shape index (κ1) is 14.9. The fourth-order valence-electron chi connectivity index (χ4n) is 2.36. The van der Waals surface area contributed by atoms with Crippen LogP contribution in [0.1, 0.15) is 13.3 Å².